The monoisotopic (exact) mass is 467 g/mol. The van der Waals surface area contributed by atoms with Crippen molar-refractivity contribution in [2.24, 2.45) is 40.4 Å². The van der Waals surface area contributed by atoms with Gasteiger partial charge in [0.25, 0.3) is 0 Å². The van der Waals surface area contributed by atoms with Gasteiger partial charge in [0.05, 0.1) is 12.1 Å². The van der Waals surface area contributed by atoms with E-state index in [4.69, 9.17) is 4.74 Å². The second-order valence-electron chi connectivity index (χ2n) is 12.5. The molecule has 0 unspecified atom stereocenters. The van der Waals surface area contributed by atoms with Gasteiger partial charge in [0.1, 0.15) is 6.07 Å². The van der Waals surface area contributed by atoms with Gasteiger partial charge in [-0.1, -0.05) is 6.92 Å². The number of carbonyl (C=O) groups is 1. The minimum atomic E-state index is -0.530. The predicted octanol–water partition coefficient (Wildman–Crippen LogP) is 4.75. The summed E-state index contributed by atoms with van der Waals surface area (Å²) in [7, 11) is 1.81. The predicted molar refractivity (Wildman–Crippen MR) is 129 cm³/mol. The number of methoxy groups -OCH3 is 1. The summed E-state index contributed by atoms with van der Waals surface area (Å²) in [6, 6.07) is 2.10. The Hall–Kier alpha value is -1.71. The average Bonchev–Trinajstić information content (AvgIpc) is 3.40. The van der Waals surface area contributed by atoms with Crippen LogP contribution in [0.15, 0.2) is 12.4 Å². The Morgan fingerprint density at radius 3 is 2.79 bits per heavy atom. The number of hydrogen-bond acceptors (Lipinski definition) is 5. The van der Waals surface area contributed by atoms with Gasteiger partial charge < -0.3 is 14.4 Å². The zero-order valence-corrected chi connectivity index (χ0v) is 21.1. The molecule has 8 atom stereocenters. The second kappa shape index (κ2) is 8.75. The normalized spacial score (nSPS) is 43.4. The third-order valence-electron chi connectivity index (χ3n) is 11.0. The molecule has 4 aliphatic rings. The molecule has 0 aliphatic heterocycles. The van der Waals surface area contributed by atoms with Crippen LogP contribution in [0.4, 0.5) is 0 Å². The van der Waals surface area contributed by atoms with Gasteiger partial charge in [0.2, 0.25) is 5.82 Å². The third-order valence-corrected chi connectivity index (χ3v) is 11.0. The summed E-state index contributed by atoms with van der Waals surface area (Å²) in [6.07, 6.45) is 14.3. The SMILES string of the molecule is COCC[C@]12CC[C@@](C)(O)C[C@@H]1CC[C@H]1[C@@H]3CC[C@H](C(=O)Cn4ccnc4C#N)[C@@]3(C)CC[C@@H]12. The number of nitrogens with zero attached hydrogens (tertiary/aromatic N) is 3. The highest BCUT2D eigenvalue weighted by Gasteiger charge is 2.62. The van der Waals surface area contributed by atoms with Gasteiger partial charge in [-0.15, -0.1) is 0 Å². The van der Waals surface area contributed by atoms with Crippen molar-refractivity contribution in [1.82, 2.24) is 9.55 Å². The van der Waals surface area contributed by atoms with E-state index in [-0.39, 0.29) is 29.1 Å². The average molecular weight is 468 g/mol. The van der Waals surface area contributed by atoms with Crippen molar-refractivity contribution in [1.29, 1.82) is 5.26 Å². The van der Waals surface area contributed by atoms with Crippen molar-refractivity contribution in [3.8, 4) is 6.07 Å². The van der Waals surface area contributed by atoms with E-state index in [0.717, 1.165) is 51.6 Å². The van der Waals surface area contributed by atoms with E-state index >= 15 is 0 Å². The molecule has 1 aromatic rings. The van der Waals surface area contributed by atoms with Crippen molar-refractivity contribution >= 4 is 5.78 Å². The highest BCUT2D eigenvalue weighted by molar-refractivity contribution is 5.82. The summed E-state index contributed by atoms with van der Waals surface area (Å²) < 4.78 is 7.32. The fraction of sp³-hybridized carbons (Fsp3) is 0.821. The maximum absolute atomic E-state index is 13.5. The van der Waals surface area contributed by atoms with Crippen LogP contribution in [0.3, 0.4) is 0 Å². The van der Waals surface area contributed by atoms with Crippen molar-refractivity contribution in [3.05, 3.63) is 18.2 Å². The fourth-order valence-electron chi connectivity index (χ4n) is 9.38. The molecule has 0 spiro atoms. The van der Waals surface area contributed by atoms with E-state index in [2.05, 4.69) is 18.0 Å². The van der Waals surface area contributed by atoms with Crippen LogP contribution in [0.5, 0.6) is 0 Å². The zero-order valence-electron chi connectivity index (χ0n) is 21.1. The molecule has 0 saturated heterocycles. The Balaban J connectivity index is 1.38. The Kier molecular flexibility index (Phi) is 6.18. The smallest absolute Gasteiger partial charge is 0.213 e. The van der Waals surface area contributed by atoms with E-state index in [1.807, 2.05) is 14.0 Å². The molecule has 0 aromatic carbocycles. The number of fused-ring (bicyclic) bond motifs is 5. The first-order chi connectivity index (χ1) is 16.2. The second-order valence-corrected chi connectivity index (χ2v) is 12.5. The first kappa shape index (κ1) is 24.0. The summed E-state index contributed by atoms with van der Waals surface area (Å²) in [5.41, 5.74) is -0.193. The van der Waals surface area contributed by atoms with Gasteiger partial charge in [-0.25, -0.2) is 4.98 Å². The van der Waals surface area contributed by atoms with Crippen LogP contribution < -0.4 is 0 Å². The number of nitriles is 1. The standard InChI is InChI=1S/C28H41N3O3/c1-26(33)10-11-28(12-15-34-3)19(16-26)4-5-20-21-6-7-23(27(21,2)9-8-22(20)28)24(32)18-31-14-13-30-25(31)17-29/h13-14,19-23,33H,4-12,15-16,18H2,1-3H3/t19-,20-,21-,22-,23+,26+,27-,28+/m0/s1. The van der Waals surface area contributed by atoms with Crippen molar-refractivity contribution in [2.45, 2.75) is 90.2 Å². The number of imidazole rings is 1. The molecule has 0 amide bonds. The molecular weight excluding hydrogens is 426 g/mol. The molecule has 4 saturated carbocycles. The lowest BCUT2D eigenvalue weighted by Gasteiger charge is -2.63. The van der Waals surface area contributed by atoms with Crippen molar-refractivity contribution in [2.75, 3.05) is 13.7 Å². The Morgan fingerprint density at radius 2 is 2.03 bits per heavy atom. The zero-order chi connectivity index (χ0) is 24.1. The summed E-state index contributed by atoms with van der Waals surface area (Å²) in [4.78, 5) is 17.6. The third kappa shape index (κ3) is 3.75. The molecule has 0 radical (unpaired) electrons. The van der Waals surface area contributed by atoms with Gasteiger partial charge in [0.15, 0.2) is 5.78 Å². The first-order valence-corrected chi connectivity index (χ1v) is 13.4. The van der Waals surface area contributed by atoms with Gasteiger partial charge in [-0.05, 0) is 106 Å². The molecule has 34 heavy (non-hydrogen) atoms. The molecule has 1 N–H and O–H groups in total. The summed E-state index contributed by atoms with van der Waals surface area (Å²) in [5, 5.41) is 20.2. The lowest BCUT2D eigenvalue weighted by Crippen LogP contribution is -2.57. The molecule has 4 fully saturated rings. The molecule has 6 nitrogen and oxygen atoms in total. The maximum Gasteiger partial charge on any atom is 0.213 e. The van der Waals surface area contributed by atoms with E-state index in [0.29, 0.717) is 29.5 Å². The van der Waals surface area contributed by atoms with E-state index < -0.39 is 5.60 Å². The fourth-order valence-corrected chi connectivity index (χ4v) is 9.38. The largest absolute Gasteiger partial charge is 0.390 e. The number of rotatable bonds is 6. The van der Waals surface area contributed by atoms with Crippen LogP contribution >= 0.6 is 0 Å². The number of Topliss-reactive ketones (excluding diaryl/α,β-unsaturated/α-hetero) is 1. The topological polar surface area (TPSA) is 88.1 Å². The lowest BCUT2D eigenvalue weighted by molar-refractivity contribution is -0.163. The van der Waals surface area contributed by atoms with Crippen LogP contribution in [0, 0.1) is 51.8 Å². The molecule has 186 valence electrons. The minimum Gasteiger partial charge on any atom is -0.390 e. The molecule has 4 aliphatic carbocycles. The van der Waals surface area contributed by atoms with Gasteiger partial charge in [-0.3, -0.25) is 4.79 Å². The lowest BCUT2D eigenvalue weighted by atomic mass is 9.42. The number of hydrogen-bond donors (Lipinski definition) is 1. The van der Waals surface area contributed by atoms with Crippen LogP contribution in [0.1, 0.15) is 83.9 Å². The van der Waals surface area contributed by atoms with Crippen LogP contribution in [-0.2, 0) is 16.1 Å². The Morgan fingerprint density at radius 1 is 1.21 bits per heavy atom. The number of ether oxygens (including phenoxy) is 1. The van der Waals surface area contributed by atoms with Crippen LogP contribution in [0.25, 0.3) is 0 Å². The van der Waals surface area contributed by atoms with E-state index in [1.54, 1.807) is 17.0 Å². The minimum absolute atomic E-state index is 0.0566. The highest BCUT2D eigenvalue weighted by atomic mass is 16.5. The summed E-state index contributed by atoms with van der Waals surface area (Å²) >= 11 is 0. The number of ketones is 1. The Labute approximate surface area is 204 Å². The quantitative estimate of drug-likeness (QED) is 0.652. The Bertz CT molecular complexity index is 964. The molecule has 6 heteroatoms. The van der Waals surface area contributed by atoms with Gasteiger partial charge in [-0.2, -0.15) is 5.26 Å². The summed E-state index contributed by atoms with van der Waals surface area (Å²) in [5.74, 6) is 3.21. The number of aliphatic hydroxyl groups is 1. The van der Waals surface area contributed by atoms with E-state index in [1.165, 1.54) is 19.3 Å². The summed E-state index contributed by atoms with van der Waals surface area (Å²) in [6.45, 7) is 5.49. The highest BCUT2D eigenvalue weighted by Crippen LogP contribution is 2.69. The molecule has 1 aromatic heterocycles. The molecular formula is C28H41N3O3. The van der Waals surface area contributed by atoms with Crippen LogP contribution in [0.2, 0.25) is 0 Å². The van der Waals surface area contributed by atoms with Crippen molar-refractivity contribution < 1.29 is 14.6 Å². The molecule has 1 heterocycles. The first-order valence-electron chi connectivity index (χ1n) is 13.4. The maximum atomic E-state index is 13.5. The molecule has 5 rings (SSSR count). The van der Waals surface area contributed by atoms with Crippen molar-refractivity contribution in [3.63, 3.8) is 0 Å². The van der Waals surface area contributed by atoms with E-state index in [9.17, 15) is 15.2 Å². The van der Waals surface area contributed by atoms with Crippen LogP contribution in [-0.4, -0.2) is 39.8 Å². The van der Waals surface area contributed by atoms with Gasteiger partial charge >= 0.3 is 0 Å². The molecule has 0 bridgehead atoms. The number of carbonyl (C=O) groups excluding carboxylic acids is 1. The van der Waals surface area contributed by atoms with Gasteiger partial charge in [0, 0.05) is 32.0 Å². The number of aromatic nitrogens is 2.